The standard InChI is InChI=1S/C11H13NO2S/c12-8-11(14-6-5-13)4-1-2-10-9(11)3-7-15-10/h3,7,13H,1-2,4-6H2. The Morgan fingerprint density at radius 1 is 1.67 bits per heavy atom. The molecule has 2 rings (SSSR count). The van der Waals surface area contributed by atoms with E-state index in [4.69, 9.17) is 9.84 Å². The van der Waals surface area contributed by atoms with Crippen LogP contribution in [0.4, 0.5) is 0 Å². The van der Waals surface area contributed by atoms with E-state index in [2.05, 4.69) is 6.07 Å². The van der Waals surface area contributed by atoms with Gasteiger partial charge in [0.05, 0.1) is 13.2 Å². The molecule has 3 nitrogen and oxygen atoms in total. The number of ether oxygens (including phenoxy) is 1. The number of nitrogens with zero attached hydrogens (tertiary/aromatic N) is 1. The number of rotatable bonds is 3. The van der Waals surface area contributed by atoms with E-state index in [1.54, 1.807) is 11.3 Å². The van der Waals surface area contributed by atoms with E-state index in [-0.39, 0.29) is 13.2 Å². The Morgan fingerprint density at radius 2 is 2.53 bits per heavy atom. The molecule has 1 aliphatic rings. The molecule has 1 heterocycles. The molecule has 1 aromatic rings. The molecule has 1 aliphatic carbocycles. The molecule has 1 aromatic heterocycles. The van der Waals surface area contributed by atoms with Crippen molar-refractivity contribution in [1.82, 2.24) is 0 Å². The normalized spacial score (nSPS) is 24.5. The van der Waals surface area contributed by atoms with E-state index in [1.807, 2.05) is 11.4 Å². The fourth-order valence-electron chi connectivity index (χ4n) is 2.04. The highest BCUT2D eigenvalue weighted by atomic mass is 32.1. The summed E-state index contributed by atoms with van der Waals surface area (Å²) in [6.07, 6.45) is 2.75. The number of aryl methyl sites for hydroxylation is 1. The maximum atomic E-state index is 9.28. The second kappa shape index (κ2) is 4.31. The zero-order valence-corrected chi connectivity index (χ0v) is 9.22. The van der Waals surface area contributed by atoms with Crippen molar-refractivity contribution in [3.63, 3.8) is 0 Å². The van der Waals surface area contributed by atoms with Crippen LogP contribution in [-0.4, -0.2) is 18.3 Å². The first-order chi connectivity index (χ1) is 7.32. The van der Waals surface area contributed by atoms with Crippen LogP contribution >= 0.6 is 11.3 Å². The minimum Gasteiger partial charge on any atom is -0.394 e. The Morgan fingerprint density at radius 3 is 3.27 bits per heavy atom. The van der Waals surface area contributed by atoms with E-state index < -0.39 is 5.60 Å². The summed E-state index contributed by atoms with van der Waals surface area (Å²) in [6, 6.07) is 4.24. The predicted molar refractivity (Wildman–Crippen MR) is 57.6 cm³/mol. The van der Waals surface area contributed by atoms with Crippen molar-refractivity contribution in [2.75, 3.05) is 13.2 Å². The van der Waals surface area contributed by atoms with Gasteiger partial charge >= 0.3 is 0 Å². The fraction of sp³-hybridized carbons (Fsp3) is 0.545. The molecule has 0 fully saturated rings. The summed E-state index contributed by atoms with van der Waals surface area (Å²) in [5.74, 6) is 0. The van der Waals surface area contributed by atoms with Crippen LogP contribution in [0.25, 0.3) is 0 Å². The highest BCUT2D eigenvalue weighted by molar-refractivity contribution is 7.10. The number of fused-ring (bicyclic) bond motifs is 1. The summed E-state index contributed by atoms with van der Waals surface area (Å²) < 4.78 is 5.55. The topological polar surface area (TPSA) is 53.2 Å². The molecule has 0 saturated carbocycles. The van der Waals surface area contributed by atoms with Crippen LogP contribution in [-0.2, 0) is 16.8 Å². The molecule has 15 heavy (non-hydrogen) atoms. The molecule has 1 unspecified atom stereocenters. The van der Waals surface area contributed by atoms with Crippen LogP contribution in [0.15, 0.2) is 11.4 Å². The molecular weight excluding hydrogens is 210 g/mol. The molecule has 4 heteroatoms. The molecule has 1 atom stereocenters. The SMILES string of the molecule is N#CC1(OCCO)CCCc2sccc21. The lowest BCUT2D eigenvalue weighted by Crippen LogP contribution is -2.32. The third-order valence-electron chi connectivity index (χ3n) is 2.73. The molecule has 1 N–H and O–H groups in total. The zero-order chi connectivity index (χ0) is 10.7. The lowest BCUT2D eigenvalue weighted by Gasteiger charge is -2.30. The molecule has 0 saturated heterocycles. The van der Waals surface area contributed by atoms with E-state index in [1.165, 1.54) is 4.88 Å². The first-order valence-electron chi connectivity index (χ1n) is 5.05. The van der Waals surface area contributed by atoms with Crippen molar-refractivity contribution in [2.45, 2.75) is 24.9 Å². The summed E-state index contributed by atoms with van der Waals surface area (Å²) in [7, 11) is 0. The molecule has 0 aromatic carbocycles. The lowest BCUT2D eigenvalue weighted by atomic mass is 9.84. The molecule has 80 valence electrons. The van der Waals surface area contributed by atoms with Gasteiger partial charge in [0.15, 0.2) is 5.60 Å². The van der Waals surface area contributed by atoms with Gasteiger partial charge < -0.3 is 9.84 Å². The van der Waals surface area contributed by atoms with Crippen molar-refractivity contribution in [3.05, 3.63) is 21.9 Å². The molecule has 0 spiro atoms. The summed E-state index contributed by atoms with van der Waals surface area (Å²) in [5.41, 5.74) is 0.200. The maximum Gasteiger partial charge on any atom is 0.180 e. The smallest absolute Gasteiger partial charge is 0.180 e. The quantitative estimate of drug-likeness (QED) is 0.850. The van der Waals surface area contributed by atoms with Gasteiger partial charge in [-0.05, 0) is 30.7 Å². The highest BCUT2D eigenvalue weighted by Crippen LogP contribution is 2.40. The van der Waals surface area contributed by atoms with E-state index >= 15 is 0 Å². The lowest BCUT2D eigenvalue weighted by molar-refractivity contribution is -0.0332. The van der Waals surface area contributed by atoms with E-state index in [9.17, 15) is 5.26 Å². The van der Waals surface area contributed by atoms with Gasteiger partial charge in [-0.3, -0.25) is 0 Å². The van der Waals surface area contributed by atoms with Crippen molar-refractivity contribution in [2.24, 2.45) is 0 Å². The van der Waals surface area contributed by atoms with Crippen molar-refractivity contribution < 1.29 is 9.84 Å². The van der Waals surface area contributed by atoms with Crippen LogP contribution < -0.4 is 0 Å². The van der Waals surface area contributed by atoms with Crippen LogP contribution in [0.1, 0.15) is 23.3 Å². The molecule has 0 radical (unpaired) electrons. The van der Waals surface area contributed by atoms with Crippen molar-refractivity contribution in [1.29, 1.82) is 5.26 Å². The first-order valence-corrected chi connectivity index (χ1v) is 5.93. The van der Waals surface area contributed by atoms with Crippen LogP contribution in [0.5, 0.6) is 0 Å². The Labute approximate surface area is 92.9 Å². The number of hydrogen-bond donors (Lipinski definition) is 1. The van der Waals surface area contributed by atoms with Crippen LogP contribution in [0.2, 0.25) is 0 Å². The summed E-state index contributed by atoms with van der Waals surface area (Å²) in [6.45, 7) is 0.186. The number of nitriles is 1. The van der Waals surface area contributed by atoms with E-state index in [0.29, 0.717) is 0 Å². The van der Waals surface area contributed by atoms with Crippen molar-refractivity contribution >= 4 is 11.3 Å². The molecule has 0 aliphatic heterocycles. The third-order valence-corrected chi connectivity index (χ3v) is 3.71. The zero-order valence-electron chi connectivity index (χ0n) is 8.40. The van der Waals surface area contributed by atoms with Gasteiger partial charge in [0.1, 0.15) is 6.07 Å². The third kappa shape index (κ3) is 1.78. The first kappa shape index (κ1) is 10.6. The minimum absolute atomic E-state index is 0.0388. The second-order valence-corrected chi connectivity index (χ2v) is 4.62. The van der Waals surface area contributed by atoms with Crippen LogP contribution in [0.3, 0.4) is 0 Å². The largest absolute Gasteiger partial charge is 0.394 e. The Kier molecular flexibility index (Phi) is 3.06. The van der Waals surface area contributed by atoms with Crippen LogP contribution in [0, 0.1) is 11.3 Å². The Bertz CT molecular complexity index is 382. The number of hydrogen-bond acceptors (Lipinski definition) is 4. The van der Waals surface area contributed by atoms with Gasteiger partial charge in [0, 0.05) is 10.4 Å². The second-order valence-electron chi connectivity index (χ2n) is 3.62. The Hall–Kier alpha value is -0.890. The highest BCUT2D eigenvalue weighted by Gasteiger charge is 2.38. The summed E-state index contributed by atoms with van der Waals surface area (Å²) in [4.78, 5) is 1.25. The van der Waals surface area contributed by atoms with Gasteiger partial charge in [-0.15, -0.1) is 11.3 Å². The van der Waals surface area contributed by atoms with E-state index in [0.717, 1.165) is 24.8 Å². The van der Waals surface area contributed by atoms with Gasteiger partial charge in [-0.25, -0.2) is 0 Å². The van der Waals surface area contributed by atoms with Crippen molar-refractivity contribution in [3.8, 4) is 6.07 Å². The monoisotopic (exact) mass is 223 g/mol. The average molecular weight is 223 g/mol. The van der Waals surface area contributed by atoms with Gasteiger partial charge in [-0.2, -0.15) is 5.26 Å². The molecule has 0 bridgehead atoms. The van der Waals surface area contributed by atoms with Gasteiger partial charge in [-0.1, -0.05) is 0 Å². The summed E-state index contributed by atoms with van der Waals surface area (Å²) in [5, 5.41) is 20.1. The van der Waals surface area contributed by atoms with Gasteiger partial charge in [0.25, 0.3) is 0 Å². The Balaban J connectivity index is 2.32. The predicted octanol–water partition coefficient (Wildman–Crippen LogP) is 1.81. The number of aliphatic hydroxyl groups excluding tert-OH is 1. The minimum atomic E-state index is -0.809. The average Bonchev–Trinajstić information content (AvgIpc) is 2.75. The molecule has 0 amide bonds. The van der Waals surface area contributed by atoms with Gasteiger partial charge in [0.2, 0.25) is 0 Å². The fourth-order valence-corrected chi connectivity index (χ4v) is 3.04. The molecular formula is C11H13NO2S. The summed E-state index contributed by atoms with van der Waals surface area (Å²) >= 11 is 1.68. The number of aliphatic hydroxyl groups is 1. The maximum absolute atomic E-state index is 9.28. The number of thiophene rings is 1.